The Bertz CT molecular complexity index is 431. The van der Waals surface area contributed by atoms with E-state index in [9.17, 15) is 4.39 Å². The summed E-state index contributed by atoms with van der Waals surface area (Å²) in [5.41, 5.74) is 0.725. The zero-order valence-corrected chi connectivity index (χ0v) is 12.1. The van der Waals surface area contributed by atoms with Gasteiger partial charge in [-0.15, -0.1) is 0 Å². The lowest BCUT2D eigenvalue weighted by Crippen LogP contribution is -2.42. The SMILES string of the molecule is Fc1cnccc1N1CCC[C@H](CN2CCCCC2)C1. The summed E-state index contributed by atoms with van der Waals surface area (Å²) in [6.07, 6.45) is 9.52. The molecule has 2 aliphatic heterocycles. The first-order chi connectivity index (χ1) is 9.83. The van der Waals surface area contributed by atoms with Crippen molar-refractivity contribution in [3.63, 3.8) is 0 Å². The van der Waals surface area contributed by atoms with Crippen LogP contribution in [0.1, 0.15) is 32.1 Å². The number of anilines is 1. The molecule has 3 rings (SSSR count). The number of likely N-dealkylation sites (tertiary alicyclic amines) is 1. The highest BCUT2D eigenvalue weighted by Gasteiger charge is 2.24. The number of nitrogens with zero attached hydrogens (tertiary/aromatic N) is 3. The average molecular weight is 277 g/mol. The lowest BCUT2D eigenvalue weighted by Gasteiger charge is -2.38. The van der Waals surface area contributed by atoms with E-state index in [2.05, 4.69) is 14.8 Å². The number of halogens is 1. The smallest absolute Gasteiger partial charge is 0.164 e. The van der Waals surface area contributed by atoms with Gasteiger partial charge in [0, 0.05) is 25.8 Å². The molecule has 3 heterocycles. The Morgan fingerprint density at radius 1 is 1.15 bits per heavy atom. The van der Waals surface area contributed by atoms with Gasteiger partial charge in [-0.2, -0.15) is 0 Å². The van der Waals surface area contributed by atoms with Crippen LogP contribution in [-0.4, -0.2) is 42.6 Å². The maximum absolute atomic E-state index is 13.8. The minimum atomic E-state index is -0.189. The molecule has 0 N–H and O–H groups in total. The zero-order valence-electron chi connectivity index (χ0n) is 12.1. The molecule has 1 atom stereocenters. The first-order valence-corrected chi connectivity index (χ1v) is 7.90. The maximum atomic E-state index is 13.8. The quantitative estimate of drug-likeness (QED) is 0.847. The Kier molecular flexibility index (Phi) is 4.51. The Hall–Kier alpha value is -1.16. The topological polar surface area (TPSA) is 19.4 Å². The first-order valence-electron chi connectivity index (χ1n) is 7.90. The molecule has 0 unspecified atom stereocenters. The number of aromatic nitrogens is 1. The summed E-state index contributed by atoms with van der Waals surface area (Å²) >= 11 is 0. The van der Waals surface area contributed by atoms with Crippen LogP contribution in [0.15, 0.2) is 18.5 Å². The molecular weight excluding hydrogens is 253 g/mol. The largest absolute Gasteiger partial charge is 0.369 e. The number of piperidine rings is 2. The molecular formula is C16H24FN3. The fraction of sp³-hybridized carbons (Fsp3) is 0.688. The Morgan fingerprint density at radius 3 is 2.80 bits per heavy atom. The highest BCUT2D eigenvalue weighted by Crippen LogP contribution is 2.26. The average Bonchev–Trinajstić information content (AvgIpc) is 2.49. The molecule has 0 bridgehead atoms. The molecule has 20 heavy (non-hydrogen) atoms. The number of rotatable bonds is 3. The van der Waals surface area contributed by atoms with Crippen LogP contribution in [0.25, 0.3) is 0 Å². The summed E-state index contributed by atoms with van der Waals surface area (Å²) < 4.78 is 13.8. The highest BCUT2D eigenvalue weighted by atomic mass is 19.1. The van der Waals surface area contributed by atoms with Gasteiger partial charge in [-0.1, -0.05) is 6.42 Å². The molecule has 0 aromatic carbocycles. The van der Waals surface area contributed by atoms with E-state index in [1.165, 1.54) is 57.9 Å². The predicted octanol–water partition coefficient (Wildman–Crippen LogP) is 2.92. The molecule has 0 amide bonds. The second kappa shape index (κ2) is 6.53. The van der Waals surface area contributed by atoms with Crippen molar-refractivity contribution < 1.29 is 4.39 Å². The Balaban J connectivity index is 1.60. The van der Waals surface area contributed by atoms with Crippen LogP contribution in [0, 0.1) is 11.7 Å². The highest BCUT2D eigenvalue weighted by molar-refractivity contribution is 5.46. The molecule has 1 aromatic heterocycles. The predicted molar refractivity (Wildman–Crippen MR) is 79.4 cm³/mol. The second-order valence-corrected chi connectivity index (χ2v) is 6.14. The van der Waals surface area contributed by atoms with E-state index in [-0.39, 0.29) is 5.82 Å². The van der Waals surface area contributed by atoms with Gasteiger partial charge in [0.15, 0.2) is 5.82 Å². The van der Waals surface area contributed by atoms with Crippen LogP contribution in [0.3, 0.4) is 0 Å². The molecule has 0 saturated carbocycles. The van der Waals surface area contributed by atoms with Crippen molar-refractivity contribution >= 4 is 5.69 Å². The van der Waals surface area contributed by atoms with Gasteiger partial charge in [0.1, 0.15) is 0 Å². The Morgan fingerprint density at radius 2 is 2.00 bits per heavy atom. The van der Waals surface area contributed by atoms with Crippen LogP contribution in [0.5, 0.6) is 0 Å². The van der Waals surface area contributed by atoms with Crippen molar-refractivity contribution in [1.29, 1.82) is 0 Å². The van der Waals surface area contributed by atoms with Gasteiger partial charge in [-0.3, -0.25) is 4.98 Å². The fourth-order valence-corrected chi connectivity index (χ4v) is 3.56. The molecule has 0 aliphatic carbocycles. The van der Waals surface area contributed by atoms with Crippen molar-refractivity contribution in [3.05, 3.63) is 24.3 Å². The van der Waals surface area contributed by atoms with Crippen LogP contribution in [-0.2, 0) is 0 Å². The summed E-state index contributed by atoms with van der Waals surface area (Å²) in [6.45, 7) is 5.64. The number of hydrogen-bond donors (Lipinski definition) is 0. The fourth-order valence-electron chi connectivity index (χ4n) is 3.56. The third-order valence-electron chi connectivity index (χ3n) is 4.58. The number of pyridine rings is 1. The lowest BCUT2D eigenvalue weighted by molar-refractivity contribution is 0.185. The minimum Gasteiger partial charge on any atom is -0.369 e. The zero-order chi connectivity index (χ0) is 13.8. The van der Waals surface area contributed by atoms with Gasteiger partial charge >= 0.3 is 0 Å². The minimum absolute atomic E-state index is 0.189. The first kappa shape index (κ1) is 13.8. The molecule has 2 aliphatic rings. The van der Waals surface area contributed by atoms with Gasteiger partial charge in [0.05, 0.1) is 11.9 Å². The normalized spacial score (nSPS) is 24.9. The van der Waals surface area contributed by atoms with E-state index in [1.54, 1.807) is 12.3 Å². The monoisotopic (exact) mass is 277 g/mol. The molecule has 3 nitrogen and oxygen atoms in total. The van der Waals surface area contributed by atoms with Crippen LogP contribution < -0.4 is 4.90 Å². The molecule has 110 valence electrons. The second-order valence-electron chi connectivity index (χ2n) is 6.14. The van der Waals surface area contributed by atoms with E-state index in [1.807, 2.05) is 0 Å². The van der Waals surface area contributed by atoms with Gasteiger partial charge in [-0.25, -0.2) is 4.39 Å². The molecule has 0 radical (unpaired) electrons. The van der Waals surface area contributed by atoms with Crippen molar-refractivity contribution in [2.24, 2.45) is 5.92 Å². The van der Waals surface area contributed by atoms with Gasteiger partial charge in [0.2, 0.25) is 0 Å². The van der Waals surface area contributed by atoms with E-state index < -0.39 is 0 Å². The van der Waals surface area contributed by atoms with Gasteiger partial charge in [0.25, 0.3) is 0 Å². The summed E-state index contributed by atoms with van der Waals surface area (Å²) in [6, 6.07) is 1.80. The standard InChI is InChI=1S/C16H24FN3/c17-15-11-18-7-6-16(15)20-10-4-5-14(13-20)12-19-8-2-1-3-9-19/h6-7,11,14H,1-5,8-10,12-13H2/t14-/m1/s1. The maximum Gasteiger partial charge on any atom is 0.164 e. The van der Waals surface area contributed by atoms with Crippen molar-refractivity contribution in [2.45, 2.75) is 32.1 Å². The van der Waals surface area contributed by atoms with Crippen LogP contribution in [0.4, 0.5) is 10.1 Å². The van der Waals surface area contributed by atoms with Crippen molar-refractivity contribution in [2.75, 3.05) is 37.6 Å². The van der Waals surface area contributed by atoms with E-state index >= 15 is 0 Å². The number of hydrogen-bond acceptors (Lipinski definition) is 3. The summed E-state index contributed by atoms with van der Waals surface area (Å²) in [4.78, 5) is 8.64. The van der Waals surface area contributed by atoms with Crippen molar-refractivity contribution in [3.8, 4) is 0 Å². The summed E-state index contributed by atoms with van der Waals surface area (Å²) in [7, 11) is 0. The Labute approximate surface area is 120 Å². The van der Waals surface area contributed by atoms with Gasteiger partial charge in [-0.05, 0) is 50.8 Å². The third-order valence-corrected chi connectivity index (χ3v) is 4.58. The summed E-state index contributed by atoms with van der Waals surface area (Å²) in [5, 5.41) is 0. The molecule has 1 aromatic rings. The van der Waals surface area contributed by atoms with Gasteiger partial charge < -0.3 is 9.80 Å². The molecule has 4 heteroatoms. The lowest BCUT2D eigenvalue weighted by atomic mass is 9.96. The summed E-state index contributed by atoms with van der Waals surface area (Å²) in [5.74, 6) is 0.487. The molecule has 2 fully saturated rings. The molecule has 0 spiro atoms. The van der Waals surface area contributed by atoms with E-state index in [0.29, 0.717) is 5.92 Å². The van der Waals surface area contributed by atoms with Crippen molar-refractivity contribution in [1.82, 2.24) is 9.88 Å². The molecule has 2 saturated heterocycles. The van der Waals surface area contributed by atoms with Crippen LogP contribution >= 0.6 is 0 Å². The van der Waals surface area contributed by atoms with E-state index in [0.717, 1.165) is 18.8 Å². The van der Waals surface area contributed by atoms with Crippen LogP contribution in [0.2, 0.25) is 0 Å². The van der Waals surface area contributed by atoms with E-state index in [4.69, 9.17) is 0 Å². The third kappa shape index (κ3) is 3.29.